The van der Waals surface area contributed by atoms with Crippen LogP contribution in [0.1, 0.15) is 5.56 Å². The zero-order chi connectivity index (χ0) is 12.2. The van der Waals surface area contributed by atoms with Gasteiger partial charge in [0.15, 0.2) is 0 Å². The first kappa shape index (κ1) is 13.0. The third-order valence-corrected chi connectivity index (χ3v) is 2.93. The van der Waals surface area contributed by atoms with Crippen molar-refractivity contribution in [3.63, 3.8) is 0 Å². The van der Waals surface area contributed by atoms with Gasteiger partial charge in [0.05, 0.1) is 12.9 Å². The highest BCUT2D eigenvalue weighted by molar-refractivity contribution is 7.85. The van der Waals surface area contributed by atoms with Crippen molar-refractivity contribution in [1.29, 1.82) is 0 Å². The summed E-state index contributed by atoms with van der Waals surface area (Å²) in [6, 6.07) is 6.56. The minimum atomic E-state index is -4.01. The highest BCUT2D eigenvalue weighted by Crippen LogP contribution is 2.12. The molecule has 0 amide bonds. The lowest BCUT2D eigenvalue weighted by atomic mass is 10.1. The average molecular weight is 245 g/mol. The molecule has 0 saturated carbocycles. The van der Waals surface area contributed by atoms with Gasteiger partial charge >= 0.3 is 0 Å². The molecule has 0 radical (unpaired) electrons. The van der Waals surface area contributed by atoms with Gasteiger partial charge < -0.3 is 10.5 Å². The zero-order valence-electron chi connectivity index (χ0n) is 8.96. The summed E-state index contributed by atoms with van der Waals surface area (Å²) < 4.78 is 34.8. The fraction of sp³-hybridized carbons (Fsp3) is 0.400. The smallest absolute Gasteiger partial charge is 0.266 e. The molecule has 0 aliphatic carbocycles. The van der Waals surface area contributed by atoms with Gasteiger partial charge in [0.25, 0.3) is 10.1 Å². The molecule has 1 aromatic rings. The molecular weight excluding hydrogens is 230 g/mol. The zero-order valence-corrected chi connectivity index (χ0v) is 9.78. The van der Waals surface area contributed by atoms with Crippen molar-refractivity contribution < 1.29 is 17.7 Å². The predicted molar refractivity (Wildman–Crippen MR) is 61.1 cm³/mol. The summed E-state index contributed by atoms with van der Waals surface area (Å²) in [6.07, 6.45) is 0.393. The molecule has 1 aromatic carbocycles. The second-order valence-electron chi connectivity index (χ2n) is 3.56. The van der Waals surface area contributed by atoms with Crippen molar-refractivity contribution in [3.8, 4) is 5.75 Å². The van der Waals surface area contributed by atoms with Gasteiger partial charge in [0, 0.05) is 6.04 Å². The monoisotopic (exact) mass is 245 g/mol. The third-order valence-electron chi connectivity index (χ3n) is 2.08. The molecule has 0 aliphatic rings. The average Bonchev–Trinajstić information content (AvgIpc) is 2.16. The van der Waals surface area contributed by atoms with Gasteiger partial charge in [-0.3, -0.25) is 4.55 Å². The fourth-order valence-corrected chi connectivity index (χ4v) is 2.05. The summed E-state index contributed by atoms with van der Waals surface area (Å²) in [4.78, 5) is 0. The Labute approximate surface area is 95.0 Å². The summed E-state index contributed by atoms with van der Waals surface area (Å²) >= 11 is 0. The van der Waals surface area contributed by atoms with Gasteiger partial charge in [-0.1, -0.05) is 12.1 Å². The molecule has 16 heavy (non-hydrogen) atoms. The van der Waals surface area contributed by atoms with Gasteiger partial charge in [-0.05, 0) is 24.1 Å². The minimum Gasteiger partial charge on any atom is -0.497 e. The number of methoxy groups -OCH3 is 1. The Morgan fingerprint density at radius 3 is 2.38 bits per heavy atom. The van der Waals surface area contributed by atoms with Crippen LogP contribution < -0.4 is 10.5 Å². The van der Waals surface area contributed by atoms with E-state index in [4.69, 9.17) is 15.0 Å². The van der Waals surface area contributed by atoms with Crippen LogP contribution in [0.2, 0.25) is 0 Å². The topological polar surface area (TPSA) is 89.6 Å². The second-order valence-corrected chi connectivity index (χ2v) is 5.06. The molecule has 0 unspecified atom stereocenters. The Bertz CT molecular complexity index is 427. The lowest BCUT2D eigenvalue weighted by Gasteiger charge is -2.09. The molecule has 0 aliphatic heterocycles. The highest BCUT2D eigenvalue weighted by atomic mass is 32.2. The van der Waals surface area contributed by atoms with E-state index in [1.165, 1.54) is 0 Å². The fourth-order valence-electron chi connectivity index (χ4n) is 1.39. The standard InChI is InChI=1S/C10H15NO4S/c1-15-10-4-2-8(3-5-10)6-9(11)7-16(12,13)14/h2-5,9H,6-7,11H2,1H3,(H,12,13,14)/t9-/m0/s1. The van der Waals surface area contributed by atoms with Crippen molar-refractivity contribution in [1.82, 2.24) is 0 Å². The molecule has 90 valence electrons. The lowest BCUT2D eigenvalue weighted by Crippen LogP contribution is -2.31. The van der Waals surface area contributed by atoms with Crippen LogP contribution in [0.25, 0.3) is 0 Å². The van der Waals surface area contributed by atoms with E-state index in [0.717, 1.165) is 11.3 Å². The summed E-state index contributed by atoms with van der Waals surface area (Å²) in [7, 11) is -2.44. The van der Waals surface area contributed by atoms with Crippen LogP contribution in [0.5, 0.6) is 5.75 Å². The van der Waals surface area contributed by atoms with E-state index in [2.05, 4.69) is 0 Å². The van der Waals surface area contributed by atoms with E-state index in [0.29, 0.717) is 6.42 Å². The van der Waals surface area contributed by atoms with E-state index >= 15 is 0 Å². The number of hydrogen-bond acceptors (Lipinski definition) is 4. The van der Waals surface area contributed by atoms with Crippen LogP contribution in [-0.4, -0.2) is 31.9 Å². The van der Waals surface area contributed by atoms with Crippen LogP contribution >= 0.6 is 0 Å². The molecule has 0 aromatic heterocycles. The van der Waals surface area contributed by atoms with Crippen molar-refractivity contribution in [3.05, 3.63) is 29.8 Å². The van der Waals surface area contributed by atoms with Gasteiger partial charge in [0.2, 0.25) is 0 Å². The van der Waals surface area contributed by atoms with E-state index in [9.17, 15) is 8.42 Å². The van der Waals surface area contributed by atoms with Gasteiger partial charge in [0.1, 0.15) is 5.75 Å². The quantitative estimate of drug-likeness (QED) is 0.735. The molecule has 5 nitrogen and oxygen atoms in total. The van der Waals surface area contributed by atoms with Gasteiger partial charge in [-0.25, -0.2) is 0 Å². The molecular formula is C10H15NO4S. The Morgan fingerprint density at radius 1 is 1.38 bits per heavy atom. The molecule has 1 atom stereocenters. The van der Waals surface area contributed by atoms with Crippen molar-refractivity contribution in [2.75, 3.05) is 12.9 Å². The van der Waals surface area contributed by atoms with Crippen LogP contribution in [0.3, 0.4) is 0 Å². The number of nitrogens with two attached hydrogens (primary N) is 1. The van der Waals surface area contributed by atoms with Gasteiger partial charge in [-0.2, -0.15) is 8.42 Å². The molecule has 6 heteroatoms. The summed E-state index contributed by atoms with van der Waals surface area (Å²) in [6.45, 7) is 0. The Hall–Kier alpha value is -1.11. The van der Waals surface area contributed by atoms with E-state index in [1.54, 1.807) is 19.2 Å². The number of hydrogen-bond donors (Lipinski definition) is 2. The number of ether oxygens (including phenoxy) is 1. The highest BCUT2D eigenvalue weighted by Gasteiger charge is 2.13. The summed E-state index contributed by atoms with van der Waals surface area (Å²) in [5, 5.41) is 0. The molecule has 0 heterocycles. The summed E-state index contributed by atoms with van der Waals surface area (Å²) in [5.41, 5.74) is 6.49. The van der Waals surface area contributed by atoms with Crippen molar-refractivity contribution in [2.24, 2.45) is 5.73 Å². The van der Waals surface area contributed by atoms with E-state index in [1.807, 2.05) is 12.1 Å². The van der Waals surface area contributed by atoms with Crippen LogP contribution in [0.4, 0.5) is 0 Å². The first-order chi connectivity index (χ1) is 7.40. The Balaban J connectivity index is 2.59. The summed E-state index contributed by atoms with van der Waals surface area (Å²) in [5.74, 6) is 0.297. The molecule has 0 spiro atoms. The minimum absolute atomic E-state index is 0.393. The lowest BCUT2D eigenvalue weighted by molar-refractivity contribution is 0.414. The third kappa shape index (κ3) is 4.61. The normalized spacial score (nSPS) is 13.4. The molecule has 0 saturated heterocycles. The van der Waals surface area contributed by atoms with Crippen LogP contribution in [-0.2, 0) is 16.5 Å². The molecule has 0 fully saturated rings. The van der Waals surface area contributed by atoms with Crippen LogP contribution in [0.15, 0.2) is 24.3 Å². The molecule has 3 N–H and O–H groups in total. The Kier molecular flexibility index (Phi) is 4.28. The van der Waals surface area contributed by atoms with E-state index < -0.39 is 21.9 Å². The largest absolute Gasteiger partial charge is 0.497 e. The van der Waals surface area contributed by atoms with Crippen LogP contribution in [0, 0.1) is 0 Å². The molecule has 1 rings (SSSR count). The Morgan fingerprint density at radius 2 is 1.94 bits per heavy atom. The maximum Gasteiger partial charge on any atom is 0.266 e. The maximum absolute atomic E-state index is 10.6. The second kappa shape index (κ2) is 5.29. The number of benzene rings is 1. The van der Waals surface area contributed by atoms with Gasteiger partial charge in [-0.15, -0.1) is 0 Å². The molecule has 0 bridgehead atoms. The first-order valence-electron chi connectivity index (χ1n) is 4.74. The van der Waals surface area contributed by atoms with Crippen molar-refractivity contribution in [2.45, 2.75) is 12.5 Å². The SMILES string of the molecule is COc1ccc(C[C@H](N)CS(=O)(=O)O)cc1. The predicted octanol–water partition coefficient (Wildman–Crippen LogP) is 0.453. The van der Waals surface area contributed by atoms with E-state index in [-0.39, 0.29) is 0 Å². The maximum atomic E-state index is 10.6. The number of rotatable bonds is 5. The van der Waals surface area contributed by atoms with Crippen molar-refractivity contribution >= 4 is 10.1 Å². The first-order valence-corrected chi connectivity index (χ1v) is 6.35.